The fraction of sp³-hybridized carbons (Fsp3) is 0.571. The average Bonchev–Trinajstić information content (AvgIpc) is 2.69. The van der Waals surface area contributed by atoms with Crippen molar-refractivity contribution in [3.63, 3.8) is 0 Å². The third-order valence-electron chi connectivity index (χ3n) is 3.25. The summed E-state index contributed by atoms with van der Waals surface area (Å²) >= 11 is 6.18. The number of ether oxygens (including phenoxy) is 1. The van der Waals surface area contributed by atoms with Crippen molar-refractivity contribution < 1.29 is 9.84 Å². The average molecular weight is 255 g/mol. The van der Waals surface area contributed by atoms with Gasteiger partial charge in [0.25, 0.3) is 0 Å². The van der Waals surface area contributed by atoms with Crippen LogP contribution in [0.1, 0.15) is 45.1 Å². The van der Waals surface area contributed by atoms with Gasteiger partial charge in [0.15, 0.2) is 0 Å². The van der Waals surface area contributed by atoms with Crippen molar-refractivity contribution >= 4 is 11.6 Å². The summed E-state index contributed by atoms with van der Waals surface area (Å²) in [4.78, 5) is 0. The second kappa shape index (κ2) is 4.87. The maximum atomic E-state index is 10.6. The Hall–Kier alpha value is -0.730. The minimum Gasteiger partial charge on any atom is -0.489 e. The van der Waals surface area contributed by atoms with Gasteiger partial charge in [0.2, 0.25) is 0 Å². The summed E-state index contributed by atoms with van der Waals surface area (Å²) in [6.07, 6.45) is 3.76. The summed E-state index contributed by atoms with van der Waals surface area (Å²) in [5.74, 6) is 0.647. The standard InChI is InChI=1S/C14H19ClO2/c1-10(2)17-13-11(6-5-7-12(13)15)14(16)8-3-4-9-14/h5-7,10,16H,3-4,8-9H2,1-2H3. The zero-order chi connectivity index (χ0) is 12.5. The lowest BCUT2D eigenvalue weighted by Gasteiger charge is -2.26. The summed E-state index contributed by atoms with van der Waals surface area (Å²) in [7, 11) is 0. The molecular weight excluding hydrogens is 236 g/mol. The van der Waals surface area contributed by atoms with Gasteiger partial charge in [0.1, 0.15) is 5.75 Å². The molecule has 1 N–H and O–H groups in total. The number of hydrogen-bond acceptors (Lipinski definition) is 2. The zero-order valence-electron chi connectivity index (χ0n) is 10.4. The van der Waals surface area contributed by atoms with E-state index < -0.39 is 5.60 Å². The molecule has 0 aliphatic heterocycles. The molecule has 0 aromatic heterocycles. The van der Waals surface area contributed by atoms with E-state index in [1.807, 2.05) is 26.0 Å². The molecule has 2 rings (SSSR count). The van der Waals surface area contributed by atoms with Gasteiger partial charge in [0.05, 0.1) is 16.7 Å². The van der Waals surface area contributed by atoms with E-state index >= 15 is 0 Å². The molecule has 0 unspecified atom stereocenters. The van der Waals surface area contributed by atoms with Crippen LogP contribution in [0.15, 0.2) is 18.2 Å². The first-order chi connectivity index (χ1) is 8.03. The van der Waals surface area contributed by atoms with Crippen LogP contribution in [0.4, 0.5) is 0 Å². The predicted octanol–water partition coefficient (Wildman–Crippen LogP) is 3.89. The maximum absolute atomic E-state index is 10.6. The third-order valence-corrected chi connectivity index (χ3v) is 3.55. The highest BCUT2D eigenvalue weighted by Gasteiger charge is 2.36. The largest absolute Gasteiger partial charge is 0.489 e. The highest BCUT2D eigenvalue weighted by Crippen LogP contribution is 2.45. The van der Waals surface area contributed by atoms with Gasteiger partial charge in [-0.1, -0.05) is 36.6 Å². The molecular formula is C14H19ClO2. The van der Waals surface area contributed by atoms with Crippen LogP contribution < -0.4 is 4.74 Å². The Kier molecular flexibility index (Phi) is 3.64. The Morgan fingerprint density at radius 2 is 1.94 bits per heavy atom. The quantitative estimate of drug-likeness (QED) is 0.887. The number of para-hydroxylation sites is 1. The van der Waals surface area contributed by atoms with E-state index in [4.69, 9.17) is 16.3 Å². The second-order valence-corrected chi connectivity index (χ2v) is 5.43. The van der Waals surface area contributed by atoms with Gasteiger partial charge >= 0.3 is 0 Å². The summed E-state index contributed by atoms with van der Waals surface area (Å²) < 4.78 is 5.76. The molecule has 0 radical (unpaired) electrons. The van der Waals surface area contributed by atoms with Crippen LogP contribution in [0.25, 0.3) is 0 Å². The Morgan fingerprint density at radius 3 is 2.53 bits per heavy atom. The van der Waals surface area contributed by atoms with E-state index in [9.17, 15) is 5.11 Å². The lowest BCUT2D eigenvalue weighted by Crippen LogP contribution is -2.23. The molecule has 0 heterocycles. The number of benzene rings is 1. The molecule has 0 spiro atoms. The summed E-state index contributed by atoms with van der Waals surface area (Å²) in [5.41, 5.74) is 0.0889. The smallest absolute Gasteiger partial charge is 0.144 e. The van der Waals surface area contributed by atoms with Crippen molar-refractivity contribution in [2.45, 2.75) is 51.2 Å². The van der Waals surface area contributed by atoms with Crippen molar-refractivity contribution in [3.05, 3.63) is 28.8 Å². The molecule has 94 valence electrons. The Labute approximate surface area is 108 Å². The normalized spacial score (nSPS) is 18.6. The number of halogens is 1. The zero-order valence-corrected chi connectivity index (χ0v) is 11.1. The summed E-state index contributed by atoms with van der Waals surface area (Å²) in [5, 5.41) is 11.2. The van der Waals surface area contributed by atoms with Crippen LogP contribution in [0.2, 0.25) is 5.02 Å². The van der Waals surface area contributed by atoms with E-state index in [0.29, 0.717) is 10.8 Å². The van der Waals surface area contributed by atoms with Gasteiger partial charge in [0, 0.05) is 5.56 Å². The van der Waals surface area contributed by atoms with Gasteiger partial charge in [-0.2, -0.15) is 0 Å². The first-order valence-electron chi connectivity index (χ1n) is 6.21. The lowest BCUT2D eigenvalue weighted by atomic mass is 9.91. The van der Waals surface area contributed by atoms with Crippen LogP contribution >= 0.6 is 11.6 Å². The third kappa shape index (κ3) is 2.58. The van der Waals surface area contributed by atoms with E-state index in [1.54, 1.807) is 6.07 Å². The predicted molar refractivity (Wildman–Crippen MR) is 69.6 cm³/mol. The fourth-order valence-corrected chi connectivity index (χ4v) is 2.68. The molecule has 0 saturated heterocycles. The molecule has 0 amide bonds. The molecule has 1 aromatic rings. The van der Waals surface area contributed by atoms with Gasteiger partial charge < -0.3 is 9.84 Å². The molecule has 1 saturated carbocycles. The molecule has 1 aliphatic rings. The van der Waals surface area contributed by atoms with Gasteiger partial charge in [-0.25, -0.2) is 0 Å². The molecule has 17 heavy (non-hydrogen) atoms. The topological polar surface area (TPSA) is 29.5 Å². The molecule has 1 aromatic carbocycles. The number of aliphatic hydroxyl groups is 1. The highest BCUT2D eigenvalue weighted by molar-refractivity contribution is 6.32. The SMILES string of the molecule is CC(C)Oc1c(Cl)cccc1C1(O)CCCC1. The minimum atomic E-state index is -0.755. The van der Waals surface area contributed by atoms with Crippen LogP contribution in [0.5, 0.6) is 5.75 Å². The van der Waals surface area contributed by atoms with Crippen LogP contribution in [-0.2, 0) is 5.60 Å². The van der Waals surface area contributed by atoms with E-state index in [1.165, 1.54) is 0 Å². The van der Waals surface area contributed by atoms with E-state index in [-0.39, 0.29) is 6.10 Å². The molecule has 0 atom stereocenters. The van der Waals surface area contributed by atoms with Crippen molar-refractivity contribution in [2.24, 2.45) is 0 Å². The van der Waals surface area contributed by atoms with Gasteiger partial charge in [-0.3, -0.25) is 0 Å². The fourth-order valence-electron chi connectivity index (χ4n) is 2.46. The molecule has 3 heteroatoms. The van der Waals surface area contributed by atoms with Crippen LogP contribution in [0, 0.1) is 0 Å². The Morgan fingerprint density at radius 1 is 1.29 bits per heavy atom. The van der Waals surface area contributed by atoms with Crippen molar-refractivity contribution in [1.82, 2.24) is 0 Å². The van der Waals surface area contributed by atoms with Crippen LogP contribution in [-0.4, -0.2) is 11.2 Å². The molecule has 1 aliphatic carbocycles. The van der Waals surface area contributed by atoms with Gasteiger partial charge in [-0.15, -0.1) is 0 Å². The monoisotopic (exact) mass is 254 g/mol. The lowest BCUT2D eigenvalue weighted by molar-refractivity contribution is 0.0402. The second-order valence-electron chi connectivity index (χ2n) is 5.02. The Bertz CT molecular complexity index is 395. The highest BCUT2D eigenvalue weighted by atomic mass is 35.5. The minimum absolute atomic E-state index is 0.0543. The number of hydrogen-bond donors (Lipinski definition) is 1. The molecule has 2 nitrogen and oxygen atoms in total. The first-order valence-corrected chi connectivity index (χ1v) is 6.59. The molecule has 1 fully saturated rings. The van der Waals surface area contributed by atoms with Crippen LogP contribution in [0.3, 0.4) is 0 Å². The summed E-state index contributed by atoms with van der Waals surface area (Å²) in [6.45, 7) is 3.93. The Balaban J connectivity index is 2.42. The summed E-state index contributed by atoms with van der Waals surface area (Å²) in [6, 6.07) is 5.61. The van der Waals surface area contributed by atoms with E-state index in [0.717, 1.165) is 31.2 Å². The van der Waals surface area contributed by atoms with Gasteiger partial charge in [-0.05, 0) is 32.8 Å². The van der Waals surface area contributed by atoms with Crippen molar-refractivity contribution in [2.75, 3.05) is 0 Å². The maximum Gasteiger partial charge on any atom is 0.144 e. The first kappa shape index (κ1) is 12.7. The number of rotatable bonds is 3. The van der Waals surface area contributed by atoms with E-state index in [2.05, 4.69) is 0 Å². The molecule has 0 bridgehead atoms. The van der Waals surface area contributed by atoms with Crippen molar-refractivity contribution in [3.8, 4) is 5.75 Å². The van der Waals surface area contributed by atoms with Crippen molar-refractivity contribution in [1.29, 1.82) is 0 Å².